The van der Waals surface area contributed by atoms with E-state index in [9.17, 15) is 5.11 Å². The van der Waals surface area contributed by atoms with E-state index in [0.717, 1.165) is 66.6 Å². The van der Waals surface area contributed by atoms with Gasteiger partial charge in [-0.2, -0.15) is 0 Å². The number of hydrogen-bond acceptors (Lipinski definition) is 4. The van der Waals surface area contributed by atoms with Crippen LogP contribution in [0.4, 0.5) is 11.4 Å². The highest BCUT2D eigenvalue weighted by Gasteiger charge is 2.22. The summed E-state index contributed by atoms with van der Waals surface area (Å²) in [6.07, 6.45) is 0. The van der Waals surface area contributed by atoms with Crippen LogP contribution in [0.3, 0.4) is 0 Å². The molecule has 1 heterocycles. The van der Waals surface area contributed by atoms with E-state index >= 15 is 0 Å². The van der Waals surface area contributed by atoms with E-state index in [1.165, 1.54) is 11.4 Å². The van der Waals surface area contributed by atoms with Crippen molar-refractivity contribution in [2.45, 2.75) is 41.2 Å². The average molecular weight is 640 g/mol. The van der Waals surface area contributed by atoms with Gasteiger partial charge >= 0.3 is 0 Å². The van der Waals surface area contributed by atoms with E-state index in [4.69, 9.17) is 4.98 Å². The minimum absolute atomic E-state index is 0.183. The van der Waals surface area contributed by atoms with E-state index in [-0.39, 0.29) is 5.75 Å². The molecule has 5 nitrogen and oxygen atoms in total. The number of hydrogen-bond donors (Lipinski definition) is 1. The van der Waals surface area contributed by atoms with Crippen LogP contribution in [0.15, 0.2) is 69.6 Å². The zero-order valence-electron chi connectivity index (χ0n) is 22.8. The molecule has 0 aliphatic rings. The predicted octanol–water partition coefficient (Wildman–Crippen LogP) is 8.83. The largest absolute Gasteiger partial charge is 0.506 e. The van der Waals surface area contributed by atoms with Crippen molar-refractivity contribution in [3.63, 3.8) is 0 Å². The van der Waals surface area contributed by atoms with Gasteiger partial charge in [-0.05, 0) is 103 Å². The fourth-order valence-electron chi connectivity index (χ4n) is 5.01. The zero-order chi connectivity index (χ0) is 27.4. The lowest BCUT2D eigenvalue weighted by molar-refractivity contribution is 0.468. The molecule has 38 heavy (non-hydrogen) atoms. The number of aromatic hydroxyl groups is 1. The lowest BCUT2D eigenvalue weighted by Crippen LogP contribution is -2.21. The second-order valence-electron chi connectivity index (χ2n) is 9.10. The molecular weight excluding hydrogens is 604 g/mol. The summed E-state index contributed by atoms with van der Waals surface area (Å²) in [6, 6.07) is 21.4. The summed E-state index contributed by atoms with van der Waals surface area (Å²) >= 11 is 7.00. The molecule has 4 rings (SSSR count). The third-order valence-electron chi connectivity index (χ3n) is 7.10. The number of halogens is 2. The van der Waals surface area contributed by atoms with Crippen LogP contribution in [0.2, 0.25) is 0 Å². The maximum atomic E-state index is 10.3. The molecule has 7 heteroatoms. The molecule has 1 N–H and O–H groups in total. The van der Waals surface area contributed by atoms with E-state index in [1.54, 1.807) is 0 Å². The SMILES string of the molecule is CCN(CC)c1ccc(-c2nc(-c3cc(Br)c(O)c(Br)c3)n(CC)c2-c2ccc(N(CC)CC)cc2)cc1. The Kier molecular flexibility index (Phi) is 9.21. The summed E-state index contributed by atoms with van der Waals surface area (Å²) in [6.45, 7) is 15.5. The lowest BCUT2D eigenvalue weighted by atomic mass is 10.0. The first kappa shape index (κ1) is 28.2. The summed E-state index contributed by atoms with van der Waals surface area (Å²) in [5, 5.41) is 10.3. The molecule has 0 fully saturated rings. The number of aromatic nitrogens is 2. The van der Waals surface area contributed by atoms with Crippen molar-refractivity contribution in [3.05, 3.63) is 69.6 Å². The van der Waals surface area contributed by atoms with E-state index in [0.29, 0.717) is 8.95 Å². The summed E-state index contributed by atoms with van der Waals surface area (Å²) < 4.78 is 3.52. The van der Waals surface area contributed by atoms with Crippen LogP contribution < -0.4 is 9.80 Å². The normalized spacial score (nSPS) is 11.1. The molecular formula is C31H36Br2N4O. The number of imidazole rings is 1. The Balaban J connectivity index is 1.92. The first-order valence-electron chi connectivity index (χ1n) is 13.4. The van der Waals surface area contributed by atoms with Crippen LogP contribution >= 0.6 is 31.9 Å². The Morgan fingerprint density at radius 1 is 0.684 bits per heavy atom. The molecule has 0 saturated heterocycles. The lowest BCUT2D eigenvalue weighted by Gasteiger charge is -2.21. The van der Waals surface area contributed by atoms with Crippen LogP contribution in [0.25, 0.3) is 33.9 Å². The first-order chi connectivity index (χ1) is 18.4. The van der Waals surface area contributed by atoms with Gasteiger partial charge in [0.1, 0.15) is 11.6 Å². The van der Waals surface area contributed by atoms with Crippen LogP contribution in [0.5, 0.6) is 5.75 Å². The molecule has 0 radical (unpaired) electrons. The van der Waals surface area contributed by atoms with Gasteiger partial charge in [0.2, 0.25) is 0 Å². The van der Waals surface area contributed by atoms with Crippen LogP contribution in [-0.4, -0.2) is 40.8 Å². The quantitative estimate of drug-likeness (QED) is 0.188. The van der Waals surface area contributed by atoms with Gasteiger partial charge in [-0.3, -0.25) is 0 Å². The standard InChI is InChI=1S/C31H36Br2N4O/c1-6-35(7-2)24-15-11-21(12-16-24)28-29(22-13-17-25(18-14-22)36(8-3)9-4)37(10-5)31(34-28)23-19-26(32)30(38)27(33)20-23/h11-20,38H,6-10H2,1-5H3. The summed E-state index contributed by atoms with van der Waals surface area (Å²) in [5.41, 5.74) is 7.60. The van der Waals surface area contributed by atoms with Crippen molar-refractivity contribution in [2.24, 2.45) is 0 Å². The van der Waals surface area contributed by atoms with Crippen LogP contribution in [0.1, 0.15) is 34.6 Å². The fraction of sp³-hybridized carbons (Fsp3) is 0.323. The molecule has 0 unspecified atom stereocenters. The van der Waals surface area contributed by atoms with Gasteiger partial charge in [-0.15, -0.1) is 0 Å². The maximum Gasteiger partial charge on any atom is 0.143 e. The van der Waals surface area contributed by atoms with Gasteiger partial charge < -0.3 is 19.5 Å². The average Bonchev–Trinajstić information content (AvgIpc) is 3.33. The Morgan fingerprint density at radius 2 is 1.13 bits per heavy atom. The number of rotatable bonds is 10. The van der Waals surface area contributed by atoms with E-state index in [2.05, 4.69) is 129 Å². The van der Waals surface area contributed by atoms with Gasteiger partial charge in [0.25, 0.3) is 0 Å². The molecule has 4 aromatic rings. The summed E-state index contributed by atoms with van der Waals surface area (Å²) in [7, 11) is 0. The minimum atomic E-state index is 0.183. The van der Waals surface area contributed by atoms with Crippen molar-refractivity contribution < 1.29 is 5.11 Å². The van der Waals surface area contributed by atoms with Crippen LogP contribution in [0, 0.1) is 0 Å². The van der Waals surface area contributed by atoms with Gasteiger partial charge in [0, 0.05) is 60.8 Å². The number of anilines is 2. The maximum absolute atomic E-state index is 10.3. The van der Waals surface area contributed by atoms with Gasteiger partial charge in [0.15, 0.2) is 0 Å². The fourth-order valence-corrected chi connectivity index (χ4v) is 6.19. The molecule has 0 bridgehead atoms. The Hall–Kier alpha value is -2.77. The molecule has 0 amide bonds. The summed E-state index contributed by atoms with van der Waals surface area (Å²) in [4.78, 5) is 9.93. The number of nitrogens with zero attached hydrogens (tertiary/aromatic N) is 4. The number of benzene rings is 3. The van der Waals surface area contributed by atoms with Crippen molar-refractivity contribution in [3.8, 4) is 39.7 Å². The zero-order valence-corrected chi connectivity index (χ0v) is 26.0. The first-order valence-corrected chi connectivity index (χ1v) is 14.9. The molecule has 0 saturated carbocycles. The number of phenolic OH excluding ortho intramolecular Hbond substituents is 1. The van der Waals surface area contributed by atoms with Crippen molar-refractivity contribution >= 4 is 43.2 Å². The molecule has 0 aliphatic carbocycles. The van der Waals surface area contributed by atoms with Gasteiger partial charge in [-0.25, -0.2) is 4.98 Å². The Morgan fingerprint density at radius 3 is 1.55 bits per heavy atom. The third-order valence-corrected chi connectivity index (χ3v) is 8.31. The van der Waals surface area contributed by atoms with Crippen molar-refractivity contribution in [1.29, 1.82) is 0 Å². The molecule has 1 aromatic heterocycles. The molecule has 0 atom stereocenters. The third kappa shape index (κ3) is 5.50. The second kappa shape index (κ2) is 12.4. The summed E-state index contributed by atoms with van der Waals surface area (Å²) in [5.74, 6) is 1.04. The Labute approximate surface area is 243 Å². The topological polar surface area (TPSA) is 44.5 Å². The van der Waals surface area contributed by atoms with Crippen LogP contribution in [-0.2, 0) is 6.54 Å². The monoisotopic (exact) mass is 638 g/mol. The molecule has 200 valence electrons. The van der Waals surface area contributed by atoms with E-state index < -0.39 is 0 Å². The van der Waals surface area contributed by atoms with Gasteiger partial charge in [-0.1, -0.05) is 24.3 Å². The highest BCUT2D eigenvalue weighted by Crippen LogP contribution is 2.41. The second-order valence-corrected chi connectivity index (χ2v) is 10.8. The molecule has 0 aliphatic heterocycles. The minimum Gasteiger partial charge on any atom is -0.506 e. The number of phenols is 1. The van der Waals surface area contributed by atoms with Crippen molar-refractivity contribution in [1.82, 2.24) is 9.55 Å². The smallest absolute Gasteiger partial charge is 0.143 e. The highest BCUT2D eigenvalue weighted by atomic mass is 79.9. The van der Waals surface area contributed by atoms with Gasteiger partial charge in [0.05, 0.1) is 20.3 Å². The Bertz CT molecular complexity index is 1350. The molecule has 0 spiro atoms. The van der Waals surface area contributed by atoms with E-state index in [1.807, 2.05) is 12.1 Å². The highest BCUT2D eigenvalue weighted by molar-refractivity contribution is 9.11. The van der Waals surface area contributed by atoms with Crippen molar-refractivity contribution in [2.75, 3.05) is 36.0 Å². The predicted molar refractivity (Wildman–Crippen MR) is 168 cm³/mol. The molecule has 3 aromatic carbocycles.